The van der Waals surface area contributed by atoms with E-state index < -0.39 is 0 Å². The van der Waals surface area contributed by atoms with Gasteiger partial charge in [0.05, 0.1) is 12.2 Å². The molecular weight excluding hydrogens is 232 g/mol. The molecule has 0 radical (unpaired) electrons. The molecule has 0 amide bonds. The van der Waals surface area contributed by atoms with Crippen molar-refractivity contribution in [1.29, 1.82) is 0 Å². The van der Waals surface area contributed by atoms with Crippen LogP contribution >= 0.6 is 0 Å². The molecule has 6 heteroatoms. The summed E-state index contributed by atoms with van der Waals surface area (Å²) in [5.41, 5.74) is 1.43. The highest BCUT2D eigenvalue weighted by atomic mass is 16.2. The molecular formula is C12H16N4O2. The Morgan fingerprint density at radius 1 is 1.22 bits per heavy atom. The van der Waals surface area contributed by atoms with Crippen molar-refractivity contribution in [2.45, 2.75) is 26.9 Å². The molecule has 0 saturated carbocycles. The minimum Gasteiger partial charge on any atom is -0.299 e. The standard InChI is InChI=1S/C12H16N4O2/c1-9-8-10(2)16(13-9)7-6-15-5-4-11(17)14(3)12(15)18/h4-5,8H,6-7H2,1-3H3. The second-order valence-electron chi connectivity index (χ2n) is 4.34. The van der Waals surface area contributed by atoms with Crippen molar-refractivity contribution in [1.82, 2.24) is 18.9 Å². The molecule has 18 heavy (non-hydrogen) atoms. The van der Waals surface area contributed by atoms with Crippen LogP contribution < -0.4 is 11.2 Å². The summed E-state index contributed by atoms with van der Waals surface area (Å²) in [5, 5.41) is 4.33. The lowest BCUT2D eigenvalue weighted by Crippen LogP contribution is -2.37. The lowest BCUT2D eigenvalue weighted by molar-refractivity contribution is 0.494. The van der Waals surface area contributed by atoms with Crippen molar-refractivity contribution in [2.75, 3.05) is 0 Å². The fourth-order valence-corrected chi connectivity index (χ4v) is 1.89. The number of hydrogen-bond donors (Lipinski definition) is 0. The van der Waals surface area contributed by atoms with Crippen LogP contribution in [0.1, 0.15) is 11.4 Å². The maximum Gasteiger partial charge on any atom is 0.330 e. The Kier molecular flexibility index (Phi) is 3.18. The first-order valence-electron chi connectivity index (χ1n) is 5.76. The monoisotopic (exact) mass is 248 g/mol. The normalized spacial score (nSPS) is 10.8. The summed E-state index contributed by atoms with van der Waals surface area (Å²) in [4.78, 5) is 23.1. The Morgan fingerprint density at radius 2 is 1.94 bits per heavy atom. The van der Waals surface area contributed by atoms with Crippen LogP contribution in [0.4, 0.5) is 0 Å². The average Bonchev–Trinajstić information content (AvgIpc) is 2.64. The zero-order chi connectivity index (χ0) is 13.3. The van der Waals surface area contributed by atoms with E-state index >= 15 is 0 Å². The molecule has 2 aromatic heterocycles. The van der Waals surface area contributed by atoms with Gasteiger partial charge in [0.2, 0.25) is 0 Å². The Labute approximate surface area is 104 Å². The minimum absolute atomic E-state index is 0.289. The van der Waals surface area contributed by atoms with Gasteiger partial charge in [-0.25, -0.2) is 4.79 Å². The number of aromatic nitrogens is 4. The molecule has 96 valence electrons. The molecule has 2 aromatic rings. The second kappa shape index (κ2) is 4.64. The highest BCUT2D eigenvalue weighted by Gasteiger charge is 2.03. The Bertz CT molecular complexity index is 678. The van der Waals surface area contributed by atoms with Crippen LogP contribution in [0.15, 0.2) is 27.9 Å². The lowest BCUT2D eigenvalue weighted by atomic mass is 10.4. The predicted octanol–water partition coefficient (Wildman–Crippen LogP) is 0.0605. The van der Waals surface area contributed by atoms with Crippen molar-refractivity contribution in [3.63, 3.8) is 0 Å². The molecule has 0 atom stereocenters. The van der Waals surface area contributed by atoms with Crippen molar-refractivity contribution in [3.8, 4) is 0 Å². The molecule has 2 rings (SSSR count). The van der Waals surface area contributed by atoms with Crippen molar-refractivity contribution >= 4 is 0 Å². The third-order valence-corrected chi connectivity index (χ3v) is 2.92. The zero-order valence-corrected chi connectivity index (χ0v) is 10.8. The van der Waals surface area contributed by atoms with E-state index in [4.69, 9.17) is 0 Å². The summed E-state index contributed by atoms with van der Waals surface area (Å²) in [7, 11) is 1.48. The van der Waals surface area contributed by atoms with E-state index in [-0.39, 0.29) is 11.2 Å². The molecule has 6 nitrogen and oxygen atoms in total. The topological polar surface area (TPSA) is 61.8 Å². The van der Waals surface area contributed by atoms with Crippen LogP contribution in [0.5, 0.6) is 0 Å². The van der Waals surface area contributed by atoms with Crippen LogP contribution in [-0.2, 0) is 20.1 Å². The van der Waals surface area contributed by atoms with Gasteiger partial charge < -0.3 is 0 Å². The van der Waals surface area contributed by atoms with Gasteiger partial charge >= 0.3 is 5.69 Å². The molecule has 0 aliphatic rings. The highest BCUT2D eigenvalue weighted by Crippen LogP contribution is 2.01. The number of rotatable bonds is 3. The van der Waals surface area contributed by atoms with Crippen molar-refractivity contribution in [3.05, 3.63) is 50.6 Å². The zero-order valence-electron chi connectivity index (χ0n) is 10.8. The molecule has 0 bridgehead atoms. The lowest BCUT2D eigenvalue weighted by Gasteiger charge is -2.08. The van der Waals surface area contributed by atoms with Gasteiger partial charge in [-0.2, -0.15) is 5.10 Å². The number of hydrogen-bond acceptors (Lipinski definition) is 3. The van der Waals surface area contributed by atoms with Crippen LogP contribution in [0.25, 0.3) is 0 Å². The van der Waals surface area contributed by atoms with Crippen LogP contribution in [0.2, 0.25) is 0 Å². The highest BCUT2D eigenvalue weighted by molar-refractivity contribution is 5.06. The summed E-state index contributed by atoms with van der Waals surface area (Å²) in [6.45, 7) is 5.01. The van der Waals surface area contributed by atoms with Crippen LogP contribution in [0.3, 0.4) is 0 Å². The van der Waals surface area contributed by atoms with Gasteiger partial charge in [0.1, 0.15) is 0 Å². The molecule has 0 aliphatic carbocycles. The number of nitrogens with zero attached hydrogens (tertiary/aromatic N) is 4. The molecule has 0 unspecified atom stereocenters. The van der Waals surface area contributed by atoms with Gasteiger partial charge in [-0.1, -0.05) is 0 Å². The Hall–Kier alpha value is -2.11. The van der Waals surface area contributed by atoms with Gasteiger partial charge in [0, 0.05) is 31.5 Å². The summed E-state index contributed by atoms with van der Waals surface area (Å²) >= 11 is 0. The van der Waals surface area contributed by atoms with Gasteiger partial charge in [-0.3, -0.25) is 18.6 Å². The minimum atomic E-state index is -0.302. The van der Waals surface area contributed by atoms with Crippen molar-refractivity contribution < 1.29 is 0 Å². The molecule has 0 fully saturated rings. The second-order valence-corrected chi connectivity index (χ2v) is 4.34. The third-order valence-electron chi connectivity index (χ3n) is 2.92. The first-order valence-corrected chi connectivity index (χ1v) is 5.76. The Balaban J connectivity index is 2.21. The summed E-state index contributed by atoms with van der Waals surface area (Å²) in [6, 6.07) is 3.38. The Morgan fingerprint density at radius 3 is 2.56 bits per heavy atom. The van der Waals surface area contributed by atoms with E-state index in [2.05, 4.69) is 5.10 Å². The van der Waals surface area contributed by atoms with Gasteiger partial charge in [-0.15, -0.1) is 0 Å². The van der Waals surface area contributed by atoms with Gasteiger partial charge in [0.25, 0.3) is 5.56 Å². The average molecular weight is 248 g/mol. The number of aryl methyl sites for hydroxylation is 4. The third kappa shape index (κ3) is 2.27. The summed E-state index contributed by atoms with van der Waals surface area (Å²) in [6.07, 6.45) is 1.52. The van der Waals surface area contributed by atoms with E-state index in [1.54, 1.807) is 0 Å². The fourth-order valence-electron chi connectivity index (χ4n) is 1.89. The van der Waals surface area contributed by atoms with Crippen LogP contribution in [0, 0.1) is 13.8 Å². The van der Waals surface area contributed by atoms with E-state index in [0.29, 0.717) is 13.1 Å². The summed E-state index contributed by atoms with van der Waals surface area (Å²) in [5.74, 6) is 0. The smallest absolute Gasteiger partial charge is 0.299 e. The van der Waals surface area contributed by atoms with Gasteiger partial charge in [-0.05, 0) is 19.9 Å². The van der Waals surface area contributed by atoms with E-state index in [1.807, 2.05) is 24.6 Å². The molecule has 0 aliphatic heterocycles. The molecule has 2 heterocycles. The molecule has 0 aromatic carbocycles. The predicted molar refractivity (Wildman–Crippen MR) is 67.6 cm³/mol. The largest absolute Gasteiger partial charge is 0.330 e. The van der Waals surface area contributed by atoms with E-state index in [1.165, 1.54) is 23.9 Å². The van der Waals surface area contributed by atoms with Gasteiger partial charge in [0.15, 0.2) is 0 Å². The maximum atomic E-state index is 11.8. The van der Waals surface area contributed by atoms with Crippen molar-refractivity contribution in [2.24, 2.45) is 7.05 Å². The SMILES string of the molecule is Cc1cc(C)n(CCn2ccc(=O)n(C)c2=O)n1. The first-order chi connectivity index (χ1) is 8.49. The summed E-state index contributed by atoms with van der Waals surface area (Å²) < 4.78 is 4.46. The molecule has 0 saturated heterocycles. The van der Waals surface area contributed by atoms with E-state index in [9.17, 15) is 9.59 Å². The van der Waals surface area contributed by atoms with E-state index in [0.717, 1.165) is 16.0 Å². The molecule has 0 spiro atoms. The molecule has 0 N–H and O–H groups in total. The maximum absolute atomic E-state index is 11.8. The van der Waals surface area contributed by atoms with Crippen LogP contribution in [-0.4, -0.2) is 18.9 Å². The first kappa shape index (κ1) is 12.3. The fraction of sp³-hybridized carbons (Fsp3) is 0.417. The quantitative estimate of drug-likeness (QED) is 0.771.